The minimum atomic E-state index is -3.67. The van der Waals surface area contributed by atoms with Gasteiger partial charge in [0.25, 0.3) is 10.1 Å². The molecular weight excluding hydrogens is 292 g/mol. The summed E-state index contributed by atoms with van der Waals surface area (Å²) in [6.45, 7) is 4.14. The van der Waals surface area contributed by atoms with Gasteiger partial charge in [0.1, 0.15) is 0 Å². The van der Waals surface area contributed by atoms with E-state index in [-0.39, 0.29) is 17.5 Å². The maximum atomic E-state index is 11.9. The van der Waals surface area contributed by atoms with Crippen LogP contribution in [0.2, 0.25) is 0 Å². The van der Waals surface area contributed by atoms with Crippen LogP contribution in [0.3, 0.4) is 0 Å². The van der Waals surface area contributed by atoms with Gasteiger partial charge < -0.3 is 4.74 Å². The fourth-order valence-electron chi connectivity index (χ4n) is 1.61. The van der Waals surface area contributed by atoms with Gasteiger partial charge in [0.15, 0.2) is 0 Å². The lowest BCUT2D eigenvalue weighted by Crippen LogP contribution is -2.08. The van der Waals surface area contributed by atoms with Crippen molar-refractivity contribution in [2.24, 2.45) is 0 Å². The second-order valence-corrected chi connectivity index (χ2v) is 6.34. The molecule has 1 aromatic rings. The van der Waals surface area contributed by atoms with Crippen molar-refractivity contribution in [3.8, 4) is 0 Å². The predicted octanol–water partition coefficient (Wildman–Crippen LogP) is 2.82. The molecule has 0 aliphatic carbocycles. The summed E-state index contributed by atoms with van der Waals surface area (Å²) in [4.78, 5) is 11.1. The second kappa shape index (κ2) is 8.79. The van der Waals surface area contributed by atoms with Crippen molar-refractivity contribution in [3.05, 3.63) is 29.8 Å². The number of aryl methyl sites for hydroxylation is 1. The molecule has 0 aliphatic rings. The van der Waals surface area contributed by atoms with Gasteiger partial charge in [-0.1, -0.05) is 24.6 Å². The minimum Gasteiger partial charge on any atom is -0.466 e. The van der Waals surface area contributed by atoms with Crippen molar-refractivity contribution in [2.75, 3.05) is 13.2 Å². The van der Waals surface area contributed by atoms with Crippen LogP contribution in [-0.4, -0.2) is 27.6 Å². The Morgan fingerprint density at radius 3 is 2.29 bits per heavy atom. The van der Waals surface area contributed by atoms with Gasteiger partial charge in [0.2, 0.25) is 0 Å². The van der Waals surface area contributed by atoms with Crippen molar-refractivity contribution < 1.29 is 22.1 Å². The van der Waals surface area contributed by atoms with Crippen LogP contribution in [0.15, 0.2) is 29.2 Å². The number of benzene rings is 1. The highest BCUT2D eigenvalue weighted by Crippen LogP contribution is 2.13. The monoisotopic (exact) mass is 314 g/mol. The number of unbranched alkanes of at least 4 members (excludes halogenated alkanes) is 2. The molecule has 0 unspecified atom stereocenters. The summed E-state index contributed by atoms with van der Waals surface area (Å²) in [7, 11) is -3.67. The summed E-state index contributed by atoms with van der Waals surface area (Å²) < 4.78 is 33.6. The summed E-state index contributed by atoms with van der Waals surface area (Å²) >= 11 is 0. The van der Waals surface area contributed by atoms with E-state index in [0.717, 1.165) is 12.0 Å². The van der Waals surface area contributed by atoms with Gasteiger partial charge >= 0.3 is 5.97 Å². The van der Waals surface area contributed by atoms with E-state index in [1.807, 2.05) is 6.92 Å². The van der Waals surface area contributed by atoms with E-state index >= 15 is 0 Å². The summed E-state index contributed by atoms with van der Waals surface area (Å²) in [6, 6.07) is 6.54. The Kier molecular flexibility index (Phi) is 7.39. The third-order valence-corrected chi connectivity index (χ3v) is 4.22. The minimum absolute atomic E-state index is 0.137. The Balaban J connectivity index is 2.23. The fraction of sp³-hybridized carbons (Fsp3) is 0.533. The first-order valence-corrected chi connectivity index (χ1v) is 8.48. The van der Waals surface area contributed by atoms with Gasteiger partial charge in [-0.05, 0) is 38.3 Å². The highest BCUT2D eigenvalue weighted by molar-refractivity contribution is 7.86. The molecule has 0 aliphatic heterocycles. The predicted molar refractivity (Wildman–Crippen MR) is 79.4 cm³/mol. The molecule has 0 N–H and O–H groups in total. The molecule has 118 valence electrons. The van der Waals surface area contributed by atoms with E-state index in [9.17, 15) is 13.2 Å². The van der Waals surface area contributed by atoms with E-state index in [4.69, 9.17) is 8.92 Å². The summed E-state index contributed by atoms with van der Waals surface area (Å²) in [5.41, 5.74) is 0.996. The van der Waals surface area contributed by atoms with Crippen molar-refractivity contribution in [1.29, 1.82) is 0 Å². The third-order valence-electron chi connectivity index (χ3n) is 2.89. The van der Waals surface area contributed by atoms with Crippen LogP contribution >= 0.6 is 0 Å². The summed E-state index contributed by atoms with van der Waals surface area (Å²) in [6.07, 6.45) is 2.44. The zero-order valence-corrected chi connectivity index (χ0v) is 13.3. The van der Waals surface area contributed by atoms with E-state index in [0.29, 0.717) is 25.9 Å². The molecule has 5 nitrogen and oxygen atoms in total. The smallest absolute Gasteiger partial charge is 0.305 e. The Hall–Kier alpha value is -1.40. The van der Waals surface area contributed by atoms with Crippen LogP contribution in [0.25, 0.3) is 0 Å². The molecule has 0 saturated heterocycles. The zero-order valence-electron chi connectivity index (χ0n) is 12.5. The van der Waals surface area contributed by atoms with E-state index in [1.54, 1.807) is 19.1 Å². The molecule has 0 saturated carbocycles. The Morgan fingerprint density at radius 2 is 1.67 bits per heavy atom. The van der Waals surface area contributed by atoms with Crippen LogP contribution in [0, 0.1) is 6.92 Å². The summed E-state index contributed by atoms with van der Waals surface area (Å²) in [5, 5.41) is 0. The largest absolute Gasteiger partial charge is 0.466 e. The van der Waals surface area contributed by atoms with Crippen molar-refractivity contribution in [2.45, 2.75) is 44.4 Å². The maximum absolute atomic E-state index is 11.9. The first-order chi connectivity index (χ1) is 9.95. The fourth-order valence-corrected chi connectivity index (χ4v) is 2.55. The van der Waals surface area contributed by atoms with E-state index in [1.165, 1.54) is 12.1 Å². The van der Waals surface area contributed by atoms with Crippen LogP contribution < -0.4 is 0 Å². The second-order valence-electron chi connectivity index (χ2n) is 4.72. The molecule has 6 heteroatoms. The average molecular weight is 314 g/mol. The molecule has 0 atom stereocenters. The van der Waals surface area contributed by atoms with Gasteiger partial charge in [0.05, 0.1) is 18.1 Å². The SMILES string of the molecule is CCC(=O)OCCCCCOS(=O)(=O)c1ccc(C)cc1. The quantitative estimate of drug-likeness (QED) is 0.398. The molecule has 0 spiro atoms. The topological polar surface area (TPSA) is 69.7 Å². The molecule has 0 heterocycles. The maximum Gasteiger partial charge on any atom is 0.305 e. The van der Waals surface area contributed by atoms with Gasteiger partial charge in [-0.3, -0.25) is 8.98 Å². The van der Waals surface area contributed by atoms with E-state index in [2.05, 4.69) is 0 Å². The molecule has 0 fully saturated rings. The van der Waals surface area contributed by atoms with E-state index < -0.39 is 10.1 Å². The number of hydrogen-bond acceptors (Lipinski definition) is 5. The van der Waals surface area contributed by atoms with Crippen LogP contribution in [0.1, 0.15) is 38.2 Å². The normalized spacial score (nSPS) is 11.3. The Morgan fingerprint density at radius 1 is 1.05 bits per heavy atom. The van der Waals surface area contributed by atoms with Crippen LogP contribution in [0.4, 0.5) is 0 Å². The number of carbonyl (C=O) groups is 1. The number of ether oxygens (including phenoxy) is 1. The molecule has 21 heavy (non-hydrogen) atoms. The van der Waals surface area contributed by atoms with Gasteiger partial charge in [-0.2, -0.15) is 8.42 Å². The molecule has 0 amide bonds. The standard InChI is InChI=1S/C15H22O5S/c1-3-15(16)19-11-5-4-6-12-20-21(17,18)14-9-7-13(2)8-10-14/h7-10H,3-6,11-12H2,1-2H3. The zero-order chi connectivity index (χ0) is 15.7. The molecule has 1 rings (SSSR count). The highest BCUT2D eigenvalue weighted by Gasteiger charge is 2.14. The lowest BCUT2D eigenvalue weighted by Gasteiger charge is -2.06. The van der Waals surface area contributed by atoms with Gasteiger partial charge in [0, 0.05) is 6.42 Å². The van der Waals surface area contributed by atoms with Gasteiger partial charge in [-0.25, -0.2) is 0 Å². The highest BCUT2D eigenvalue weighted by atomic mass is 32.2. The number of esters is 1. The van der Waals surface area contributed by atoms with Crippen LogP contribution in [-0.2, 0) is 23.8 Å². The number of rotatable bonds is 9. The number of hydrogen-bond donors (Lipinski definition) is 0. The first-order valence-electron chi connectivity index (χ1n) is 7.07. The first kappa shape index (κ1) is 17.7. The molecule has 0 radical (unpaired) electrons. The van der Waals surface area contributed by atoms with Crippen molar-refractivity contribution in [1.82, 2.24) is 0 Å². The molecule has 0 aromatic heterocycles. The Labute approximate surface area is 126 Å². The van der Waals surface area contributed by atoms with Crippen LogP contribution in [0.5, 0.6) is 0 Å². The van der Waals surface area contributed by atoms with Crippen molar-refractivity contribution in [3.63, 3.8) is 0 Å². The molecular formula is C15H22O5S. The summed E-state index contributed by atoms with van der Waals surface area (Å²) in [5.74, 6) is -0.215. The molecule has 0 bridgehead atoms. The lowest BCUT2D eigenvalue weighted by molar-refractivity contribution is -0.143. The number of carbonyl (C=O) groups excluding carboxylic acids is 1. The average Bonchev–Trinajstić information content (AvgIpc) is 2.46. The van der Waals surface area contributed by atoms with Crippen molar-refractivity contribution >= 4 is 16.1 Å². The molecule has 1 aromatic carbocycles. The Bertz CT molecular complexity index is 534. The third kappa shape index (κ3) is 6.73. The van der Waals surface area contributed by atoms with Gasteiger partial charge in [-0.15, -0.1) is 0 Å². The lowest BCUT2D eigenvalue weighted by atomic mass is 10.2.